The first-order chi connectivity index (χ1) is 12.4. The van der Waals surface area contributed by atoms with Crippen molar-refractivity contribution in [3.8, 4) is 5.75 Å². The van der Waals surface area contributed by atoms with Gasteiger partial charge in [-0.25, -0.2) is 13.1 Å². The van der Waals surface area contributed by atoms with E-state index >= 15 is 0 Å². The minimum Gasteiger partial charge on any atom is -0.484 e. The third-order valence-corrected chi connectivity index (χ3v) is 5.85. The average Bonchev–Trinajstić information content (AvgIpc) is 3.43. The molecular weight excluding hydrogens is 469 g/mol. The Hall–Kier alpha value is -1.85. The van der Waals surface area contributed by atoms with E-state index in [4.69, 9.17) is 4.74 Å². The summed E-state index contributed by atoms with van der Waals surface area (Å²) in [7, 11) is -3.47. The molecule has 138 valence electrons. The van der Waals surface area contributed by atoms with Crippen LogP contribution >= 0.6 is 22.6 Å². The monoisotopic (exact) mass is 487 g/mol. The number of ether oxygens (including phenoxy) is 1. The highest BCUT2D eigenvalue weighted by molar-refractivity contribution is 14.1. The molecule has 1 aliphatic carbocycles. The molecule has 1 saturated carbocycles. The zero-order chi connectivity index (χ0) is 18.6. The Morgan fingerprint density at radius 2 is 1.73 bits per heavy atom. The quantitative estimate of drug-likeness (QED) is 0.392. The third kappa shape index (κ3) is 5.58. The lowest BCUT2D eigenvalue weighted by Crippen LogP contribution is -2.33. The van der Waals surface area contributed by atoms with Crippen LogP contribution in [0.4, 0.5) is 5.69 Å². The molecule has 0 heterocycles. The number of nitrogens with one attached hydrogen (secondary N) is 3. The molecule has 1 amide bonds. The minimum atomic E-state index is -3.47. The number of hydrogen-bond acceptors (Lipinski definition) is 5. The van der Waals surface area contributed by atoms with Crippen LogP contribution in [0.1, 0.15) is 12.8 Å². The topological polar surface area (TPSA) is 96.5 Å². The number of benzene rings is 2. The molecule has 1 aliphatic rings. The maximum absolute atomic E-state index is 12.1. The summed E-state index contributed by atoms with van der Waals surface area (Å²) < 4.78 is 33.2. The molecule has 3 rings (SSSR count). The van der Waals surface area contributed by atoms with Crippen molar-refractivity contribution < 1.29 is 17.9 Å². The van der Waals surface area contributed by atoms with Gasteiger partial charge >= 0.3 is 0 Å². The molecular formula is C17H18IN3O4S. The second kappa shape index (κ2) is 8.23. The van der Waals surface area contributed by atoms with Gasteiger partial charge in [0, 0.05) is 9.61 Å². The van der Waals surface area contributed by atoms with Gasteiger partial charge in [-0.2, -0.15) is 0 Å². The molecule has 0 bridgehead atoms. The first-order valence-electron chi connectivity index (χ1n) is 7.98. The van der Waals surface area contributed by atoms with Crippen molar-refractivity contribution in [2.24, 2.45) is 0 Å². The van der Waals surface area contributed by atoms with Gasteiger partial charge in [0.15, 0.2) is 6.61 Å². The molecule has 0 saturated heterocycles. The molecule has 0 aliphatic heterocycles. The standard InChI is InChI=1S/C17H18IN3O4S/c18-12-1-7-15(8-2-12)25-11-17(22)20-19-13-5-9-16(10-6-13)26(23,24)21-14-3-4-14/h1-2,5-10,14,19,21H,3-4,11H2,(H,20,22). The van der Waals surface area contributed by atoms with E-state index in [9.17, 15) is 13.2 Å². The van der Waals surface area contributed by atoms with Crippen LogP contribution in [0.25, 0.3) is 0 Å². The molecule has 0 radical (unpaired) electrons. The number of amides is 1. The molecule has 0 atom stereocenters. The van der Waals surface area contributed by atoms with Crippen molar-refractivity contribution in [2.45, 2.75) is 23.8 Å². The van der Waals surface area contributed by atoms with Crippen LogP contribution in [0.2, 0.25) is 0 Å². The van der Waals surface area contributed by atoms with Gasteiger partial charge in [0.05, 0.1) is 10.6 Å². The number of sulfonamides is 1. The van der Waals surface area contributed by atoms with Gasteiger partial charge in [-0.15, -0.1) is 0 Å². The molecule has 3 N–H and O–H groups in total. The van der Waals surface area contributed by atoms with Crippen LogP contribution < -0.4 is 20.3 Å². The molecule has 0 aromatic heterocycles. The van der Waals surface area contributed by atoms with Gasteiger partial charge in [0.1, 0.15) is 5.75 Å². The Kier molecular flexibility index (Phi) is 5.99. The summed E-state index contributed by atoms with van der Waals surface area (Å²) in [5.74, 6) is 0.258. The van der Waals surface area contributed by atoms with Crippen molar-refractivity contribution in [3.05, 3.63) is 52.1 Å². The van der Waals surface area contributed by atoms with Crippen LogP contribution in [0.15, 0.2) is 53.4 Å². The summed E-state index contributed by atoms with van der Waals surface area (Å²) in [4.78, 5) is 12.0. The van der Waals surface area contributed by atoms with E-state index in [-0.39, 0.29) is 23.5 Å². The van der Waals surface area contributed by atoms with E-state index in [0.29, 0.717) is 11.4 Å². The predicted molar refractivity (Wildman–Crippen MR) is 106 cm³/mol. The number of hydrazine groups is 1. The summed E-state index contributed by atoms with van der Waals surface area (Å²) in [6.45, 7) is -0.134. The summed E-state index contributed by atoms with van der Waals surface area (Å²) in [5, 5.41) is 0. The molecule has 0 unspecified atom stereocenters. The maximum atomic E-state index is 12.1. The Morgan fingerprint density at radius 1 is 1.08 bits per heavy atom. The second-order valence-electron chi connectivity index (χ2n) is 5.84. The van der Waals surface area contributed by atoms with E-state index in [1.165, 1.54) is 12.1 Å². The highest BCUT2D eigenvalue weighted by Gasteiger charge is 2.27. The lowest BCUT2D eigenvalue weighted by atomic mass is 10.3. The minimum absolute atomic E-state index is 0.0603. The zero-order valence-electron chi connectivity index (χ0n) is 13.7. The van der Waals surface area contributed by atoms with Crippen molar-refractivity contribution in [1.29, 1.82) is 0 Å². The molecule has 1 fully saturated rings. The summed E-state index contributed by atoms with van der Waals surface area (Å²) in [6, 6.07) is 13.6. The Balaban J connectivity index is 1.46. The lowest BCUT2D eigenvalue weighted by Gasteiger charge is -2.11. The first kappa shape index (κ1) is 18.9. The number of carbonyl (C=O) groups excluding carboxylic acids is 1. The first-order valence-corrected chi connectivity index (χ1v) is 10.5. The van der Waals surface area contributed by atoms with Crippen molar-refractivity contribution in [1.82, 2.24) is 10.1 Å². The van der Waals surface area contributed by atoms with Crippen LogP contribution in [0.5, 0.6) is 5.75 Å². The van der Waals surface area contributed by atoms with Crippen LogP contribution in [-0.4, -0.2) is 27.0 Å². The van der Waals surface area contributed by atoms with Crippen LogP contribution in [0, 0.1) is 3.57 Å². The Bertz CT molecular complexity index is 866. The number of rotatable bonds is 8. The SMILES string of the molecule is O=C(COc1ccc(I)cc1)NNc1ccc(S(=O)(=O)NC2CC2)cc1. The van der Waals surface area contributed by atoms with E-state index < -0.39 is 10.0 Å². The molecule has 26 heavy (non-hydrogen) atoms. The van der Waals surface area contributed by atoms with E-state index in [1.54, 1.807) is 24.3 Å². The predicted octanol–water partition coefficient (Wildman–Crippen LogP) is 2.25. The normalized spacial score (nSPS) is 13.9. The van der Waals surface area contributed by atoms with Crippen molar-refractivity contribution in [2.75, 3.05) is 12.0 Å². The van der Waals surface area contributed by atoms with Gasteiger partial charge in [-0.1, -0.05) is 0 Å². The maximum Gasteiger partial charge on any atom is 0.276 e. The lowest BCUT2D eigenvalue weighted by molar-refractivity contribution is -0.122. The second-order valence-corrected chi connectivity index (χ2v) is 8.80. The fourth-order valence-corrected chi connectivity index (χ4v) is 3.73. The highest BCUT2D eigenvalue weighted by Crippen LogP contribution is 2.22. The van der Waals surface area contributed by atoms with Gasteiger partial charge in [0.25, 0.3) is 5.91 Å². The van der Waals surface area contributed by atoms with Gasteiger partial charge in [-0.3, -0.25) is 15.6 Å². The number of anilines is 1. The third-order valence-electron chi connectivity index (χ3n) is 3.59. The van der Waals surface area contributed by atoms with Crippen molar-refractivity contribution in [3.63, 3.8) is 0 Å². The average molecular weight is 487 g/mol. The fraction of sp³-hybridized carbons (Fsp3) is 0.235. The smallest absolute Gasteiger partial charge is 0.276 e. The summed E-state index contributed by atoms with van der Waals surface area (Å²) >= 11 is 2.19. The number of carbonyl (C=O) groups is 1. The molecule has 2 aromatic rings. The fourth-order valence-electron chi connectivity index (χ4n) is 2.06. The van der Waals surface area contributed by atoms with Gasteiger partial charge in [0.2, 0.25) is 10.0 Å². The molecule has 9 heteroatoms. The van der Waals surface area contributed by atoms with E-state index in [2.05, 4.69) is 38.2 Å². The van der Waals surface area contributed by atoms with Crippen LogP contribution in [0.3, 0.4) is 0 Å². The molecule has 7 nitrogen and oxygen atoms in total. The summed E-state index contributed by atoms with van der Waals surface area (Å²) in [5.41, 5.74) is 5.79. The van der Waals surface area contributed by atoms with Crippen molar-refractivity contribution >= 4 is 44.2 Å². The Labute approximate surface area is 165 Å². The number of halogens is 1. The van der Waals surface area contributed by atoms with E-state index in [1.807, 2.05) is 12.1 Å². The van der Waals surface area contributed by atoms with Gasteiger partial charge < -0.3 is 4.74 Å². The van der Waals surface area contributed by atoms with Crippen LogP contribution in [-0.2, 0) is 14.8 Å². The number of hydrogen-bond donors (Lipinski definition) is 3. The Morgan fingerprint density at radius 3 is 2.35 bits per heavy atom. The molecule has 2 aromatic carbocycles. The highest BCUT2D eigenvalue weighted by atomic mass is 127. The molecule has 0 spiro atoms. The van der Waals surface area contributed by atoms with E-state index in [0.717, 1.165) is 16.4 Å². The summed E-state index contributed by atoms with van der Waals surface area (Å²) in [6.07, 6.45) is 1.77. The van der Waals surface area contributed by atoms with Gasteiger partial charge in [-0.05, 0) is 84.0 Å². The largest absolute Gasteiger partial charge is 0.484 e. The zero-order valence-corrected chi connectivity index (χ0v) is 16.7.